The van der Waals surface area contributed by atoms with Crippen LogP contribution in [0.1, 0.15) is 38.5 Å². The summed E-state index contributed by atoms with van der Waals surface area (Å²) in [6, 6.07) is 0. The highest BCUT2D eigenvalue weighted by Gasteiger charge is 2.41. The van der Waals surface area contributed by atoms with Gasteiger partial charge in [0.05, 0.1) is 6.10 Å². The van der Waals surface area contributed by atoms with Crippen molar-refractivity contribution in [1.29, 1.82) is 0 Å². The number of hydrogen-bond donors (Lipinski definition) is 2. The van der Waals surface area contributed by atoms with Crippen molar-refractivity contribution < 1.29 is 9.84 Å². The Labute approximate surface area is 92.2 Å². The summed E-state index contributed by atoms with van der Waals surface area (Å²) in [5.74, 6) is 0. The molecule has 1 aliphatic carbocycles. The number of aliphatic hydroxyl groups excluding tert-OH is 1. The highest BCUT2D eigenvalue weighted by atomic mass is 16.5. The Morgan fingerprint density at radius 3 is 2.80 bits per heavy atom. The quantitative estimate of drug-likeness (QED) is 0.699. The van der Waals surface area contributed by atoms with Crippen molar-refractivity contribution in [3.8, 4) is 0 Å². The third-order valence-corrected chi connectivity index (χ3v) is 3.75. The van der Waals surface area contributed by atoms with Crippen molar-refractivity contribution in [2.45, 2.75) is 44.6 Å². The number of aliphatic hydroxyl groups is 1. The smallest absolute Gasteiger partial charge is 0.0699 e. The summed E-state index contributed by atoms with van der Waals surface area (Å²) in [5, 5.41) is 12.4. The Hall–Kier alpha value is -0.120. The molecule has 1 saturated heterocycles. The summed E-state index contributed by atoms with van der Waals surface area (Å²) in [5.41, 5.74) is 0.434. The predicted molar refractivity (Wildman–Crippen MR) is 59.8 cm³/mol. The number of ether oxygens (including phenoxy) is 1. The highest BCUT2D eigenvalue weighted by Crippen LogP contribution is 2.47. The van der Waals surface area contributed by atoms with Crippen molar-refractivity contribution in [1.82, 2.24) is 5.32 Å². The van der Waals surface area contributed by atoms with Crippen LogP contribution in [0.4, 0.5) is 0 Å². The molecule has 15 heavy (non-hydrogen) atoms. The first-order valence-electron chi connectivity index (χ1n) is 6.28. The van der Waals surface area contributed by atoms with Gasteiger partial charge in [-0.3, -0.25) is 0 Å². The molecule has 3 heteroatoms. The molecule has 0 bridgehead atoms. The van der Waals surface area contributed by atoms with Crippen molar-refractivity contribution >= 4 is 0 Å². The predicted octanol–water partition coefficient (Wildman–Crippen LogP) is 1.31. The minimum atomic E-state index is 0.335. The first-order valence-corrected chi connectivity index (χ1v) is 6.28. The fraction of sp³-hybridized carbons (Fsp3) is 1.00. The molecule has 1 aliphatic heterocycles. The molecule has 0 aromatic carbocycles. The van der Waals surface area contributed by atoms with Gasteiger partial charge in [-0.15, -0.1) is 0 Å². The van der Waals surface area contributed by atoms with Crippen LogP contribution in [-0.2, 0) is 4.74 Å². The van der Waals surface area contributed by atoms with Crippen LogP contribution in [-0.4, -0.2) is 37.5 Å². The van der Waals surface area contributed by atoms with Crippen LogP contribution in [0.25, 0.3) is 0 Å². The second-order valence-corrected chi connectivity index (χ2v) is 5.09. The van der Waals surface area contributed by atoms with Crippen LogP contribution >= 0.6 is 0 Å². The van der Waals surface area contributed by atoms with E-state index in [0.29, 0.717) is 18.1 Å². The van der Waals surface area contributed by atoms with E-state index in [4.69, 9.17) is 9.84 Å². The highest BCUT2D eigenvalue weighted by molar-refractivity contribution is 4.94. The maximum Gasteiger partial charge on any atom is 0.0699 e. The van der Waals surface area contributed by atoms with E-state index in [9.17, 15) is 0 Å². The zero-order chi connectivity index (χ0) is 10.6. The van der Waals surface area contributed by atoms with E-state index in [-0.39, 0.29) is 0 Å². The third-order valence-electron chi connectivity index (χ3n) is 3.75. The first kappa shape index (κ1) is 11.4. The van der Waals surface area contributed by atoms with Gasteiger partial charge >= 0.3 is 0 Å². The molecule has 1 unspecified atom stereocenters. The Morgan fingerprint density at radius 2 is 2.20 bits per heavy atom. The van der Waals surface area contributed by atoms with Crippen LogP contribution in [0, 0.1) is 5.41 Å². The van der Waals surface area contributed by atoms with Crippen LogP contribution < -0.4 is 5.32 Å². The van der Waals surface area contributed by atoms with Gasteiger partial charge in [0.1, 0.15) is 0 Å². The zero-order valence-corrected chi connectivity index (χ0v) is 9.50. The lowest BCUT2D eigenvalue weighted by Crippen LogP contribution is -2.35. The van der Waals surface area contributed by atoms with Gasteiger partial charge in [-0.1, -0.05) is 0 Å². The molecule has 0 radical (unpaired) electrons. The zero-order valence-electron chi connectivity index (χ0n) is 9.50. The van der Waals surface area contributed by atoms with Gasteiger partial charge in [0, 0.05) is 26.3 Å². The Kier molecular flexibility index (Phi) is 4.00. The monoisotopic (exact) mass is 213 g/mol. The van der Waals surface area contributed by atoms with E-state index in [2.05, 4.69) is 5.32 Å². The van der Waals surface area contributed by atoms with Gasteiger partial charge in [0.2, 0.25) is 0 Å². The molecule has 0 amide bonds. The van der Waals surface area contributed by atoms with Gasteiger partial charge in [0.15, 0.2) is 0 Å². The van der Waals surface area contributed by atoms with Crippen molar-refractivity contribution in [2.75, 3.05) is 26.3 Å². The Bertz CT molecular complexity index is 186. The van der Waals surface area contributed by atoms with E-state index in [1.165, 1.54) is 32.1 Å². The SMILES string of the molecule is OCCC1(CNCC2CCCCO2)CC1. The van der Waals surface area contributed by atoms with Crippen LogP contribution in [0.15, 0.2) is 0 Å². The molecule has 2 aliphatic rings. The number of hydrogen-bond acceptors (Lipinski definition) is 3. The van der Waals surface area contributed by atoms with Crippen LogP contribution in [0.2, 0.25) is 0 Å². The fourth-order valence-corrected chi connectivity index (χ4v) is 2.40. The van der Waals surface area contributed by atoms with Crippen LogP contribution in [0.3, 0.4) is 0 Å². The molecule has 0 aromatic heterocycles. The summed E-state index contributed by atoms with van der Waals surface area (Å²) in [6.07, 6.45) is 7.71. The molecule has 0 spiro atoms. The second kappa shape index (κ2) is 5.28. The van der Waals surface area contributed by atoms with Gasteiger partial charge in [-0.25, -0.2) is 0 Å². The van der Waals surface area contributed by atoms with E-state index < -0.39 is 0 Å². The average molecular weight is 213 g/mol. The molecule has 2 fully saturated rings. The molecule has 1 heterocycles. The van der Waals surface area contributed by atoms with E-state index in [1.807, 2.05) is 0 Å². The fourth-order valence-electron chi connectivity index (χ4n) is 2.40. The Morgan fingerprint density at radius 1 is 1.33 bits per heavy atom. The van der Waals surface area contributed by atoms with Gasteiger partial charge in [0.25, 0.3) is 0 Å². The number of nitrogens with one attached hydrogen (secondary N) is 1. The minimum absolute atomic E-state index is 0.335. The largest absolute Gasteiger partial charge is 0.396 e. The minimum Gasteiger partial charge on any atom is -0.396 e. The van der Waals surface area contributed by atoms with Crippen molar-refractivity contribution in [3.63, 3.8) is 0 Å². The molecular formula is C12H23NO2. The lowest BCUT2D eigenvalue weighted by molar-refractivity contribution is 0.0162. The lowest BCUT2D eigenvalue weighted by Gasteiger charge is -2.24. The number of rotatable bonds is 6. The van der Waals surface area contributed by atoms with Crippen molar-refractivity contribution in [3.05, 3.63) is 0 Å². The molecule has 2 rings (SSSR count). The molecule has 3 nitrogen and oxygen atoms in total. The summed E-state index contributed by atoms with van der Waals surface area (Å²) in [6.45, 7) is 3.33. The molecule has 0 aromatic rings. The maximum atomic E-state index is 8.94. The van der Waals surface area contributed by atoms with Gasteiger partial charge in [-0.05, 0) is 43.9 Å². The average Bonchev–Trinajstić information content (AvgIpc) is 3.00. The molecule has 88 valence electrons. The van der Waals surface area contributed by atoms with Crippen molar-refractivity contribution in [2.24, 2.45) is 5.41 Å². The first-order chi connectivity index (χ1) is 7.35. The summed E-state index contributed by atoms with van der Waals surface area (Å²) >= 11 is 0. The topological polar surface area (TPSA) is 41.5 Å². The second-order valence-electron chi connectivity index (χ2n) is 5.09. The lowest BCUT2D eigenvalue weighted by atomic mass is 10.0. The normalized spacial score (nSPS) is 29.0. The van der Waals surface area contributed by atoms with Gasteiger partial charge in [-0.2, -0.15) is 0 Å². The molecule has 2 N–H and O–H groups in total. The molecular weight excluding hydrogens is 190 g/mol. The molecule has 1 saturated carbocycles. The van der Waals surface area contributed by atoms with E-state index >= 15 is 0 Å². The van der Waals surface area contributed by atoms with Gasteiger partial charge < -0.3 is 15.2 Å². The Balaban J connectivity index is 1.58. The van der Waals surface area contributed by atoms with Crippen LogP contribution in [0.5, 0.6) is 0 Å². The summed E-state index contributed by atoms with van der Waals surface area (Å²) in [4.78, 5) is 0. The summed E-state index contributed by atoms with van der Waals surface area (Å²) in [7, 11) is 0. The third kappa shape index (κ3) is 3.44. The standard InChI is InChI=1S/C12H23NO2/c14-7-6-12(4-5-12)10-13-9-11-3-1-2-8-15-11/h11,13-14H,1-10H2. The van der Waals surface area contributed by atoms with E-state index in [0.717, 1.165) is 26.1 Å². The summed E-state index contributed by atoms with van der Waals surface area (Å²) < 4.78 is 5.66. The van der Waals surface area contributed by atoms with E-state index in [1.54, 1.807) is 0 Å². The molecule has 1 atom stereocenters. The maximum absolute atomic E-state index is 8.94.